The SMILES string of the molecule is CCc1ccc(C2CC(c3cc(CN4CCOCC4)[nH]n3)CN(C(=O)C3CCCC3)C2)cc1. The number of hydrogen-bond acceptors (Lipinski definition) is 4. The number of carbonyl (C=O) groups is 1. The van der Waals surface area contributed by atoms with E-state index in [1.54, 1.807) is 0 Å². The van der Waals surface area contributed by atoms with E-state index in [2.05, 4.69) is 52.2 Å². The maximum atomic E-state index is 13.4. The first-order valence-electron chi connectivity index (χ1n) is 12.9. The van der Waals surface area contributed by atoms with E-state index in [1.807, 2.05) is 0 Å². The quantitative estimate of drug-likeness (QED) is 0.720. The van der Waals surface area contributed by atoms with Crippen LogP contribution in [0.15, 0.2) is 30.3 Å². The lowest BCUT2D eigenvalue weighted by Crippen LogP contribution is -2.44. The number of rotatable bonds is 6. The summed E-state index contributed by atoms with van der Waals surface area (Å²) in [6.45, 7) is 8.26. The van der Waals surface area contributed by atoms with Crippen LogP contribution in [-0.2, 0) is 22.5 Å². The molecular weight excluding hydrogens is 412 g/mol. The molecule has 1 aromatic heterocycles. The number of H-pyrrole nitrogens is 1. The highest BCUT2D eigenvalue weighted by Gasteiger charge is 2.36. The number of nitrogens with zero attached hydrogens (tertiary/aromatic N) is 3. The minimum absolute atomic E-state index is 0.225. The topological polar surface area (TPSA) is 61.5 Å². The molecule has 3 heterocycles. The van der Waals surface area contributed by atoms with E-state index in [9.17, 15) is 4.79 Å². The lowest BCUT2D eigenvalue weighted by atomic mass is 9.82. The lowest BCUT2D eigenvalue weighted by Gasteiger charge is -2.38. The molecule has 2 aliphatic heterocycles. The molecule has 178 valence electrons. The average Bonchev–Trinajstić information content (AvgIpc) is 3.57. The molecule has 3 aliphatic rings. The number of aryl methyl sites for hydroxylation is 1. The van der Waals surface area contributed by atoms with Crippen molar-refractivity contribution in [3.8, 4) is 0 Å². The summed E-state index contributed by atoms with van der Waals surface area (Å²) in [4.78, 5) is 18.0. The van der Waals surface area contributed by atoms with Gasteiger partial charge in [-0.25, -0.2) is 0 Å². The number of amides is 1. The number of likely N-dealkylation sites (tertiary alicyclic amines) is 1. The fourth-order valence-electron chi connectivity index (χ4n) is 5.86. The van der Waals surface area contributed by atoms with Gasteiger partial charge < -0.3 is 9.64 Å². The highest BCUT2D eigenvalue weighted by Crippen LogP contribution is 2.37. The number of piperidine rings is 1. The first kappa shape index (κ1) is 22.6. The standard InChI is InChI=1S/C27H38N4O2/c1-2-20-7-9-21(10-8-20)23-15-24(18-31(17-23)27(32)22-5-3-4-6-22)26-16-25(28-29-26)19-30-11-13-33-14-12-30/h7-10,16,22-24H,2-6,11-15,17-19H2,1H3,(H,28,29). The van der Waals surface area contributed by atoms with Crippen molar-refractivity contribution in [1.29, 1.82) is 0 Å². The molecule has 2 unspecified atom stereocenters. The number of hydrogen-bond donors (Lipinski definition) is 1. The van der Waals surface area contributed by atoms with Crippen molar-refractivity contribution < 1.29 is 9.53 Å². The van der Waals surface area contributed by atoms with Crippen LogP contribution in [0.1, 0.15) is 73.4 Å². The van der Waals surface area contributed by atoms with Crippen molar-refractivity contribution in [1.82, 2.24) is 20.0 Å². The summed E-state index contributed by atoms with van der Waals surface area (Å²) in [5.74, 6) is 1.23. The number of carbonyl (C=O) groups excluding carboxylic acids is 1. The van der Waals surface area contributed by atoms with Gasteiger partial charge in [0.2, 0.25) is 5.91 Å². The van der Waals surface area contributed by atoms with Gasteiger partial charge in [0, 0.05) is 56.2 Å². The predicted molar refractivity (Wildman–Crippen MR) is 129 cm³/mol. The maximum Gasteiger partial charge on any atom is 0.225 e. The van der Waals surface area contributed by atoms with Gasteiger partial charge in [-0.05, 0) is 42.9 Å². The number of morpholine rings is 1. The maximum absolute atomic E-state index is 13.4. The second-order valence-electron chi connectivity index (χ2n) is 10.2. The largest absolute Gasteiger partial charge is 0.379 e. The van der Waals surface area contributed by atoms with Gasteiger partial charge in [-0.1, -0.05) is 44.0 Å². The average molecular weight is 451 g/mol. The van der Waals surface area contributed by atoms with Crippen LogP contribution in [0.4, 0.5) is 0 Å². The van der Waals surface area contributed by atoms with Gasteiger partial charge in [0.05, 0.1) is 18.9 Å². The molecule has 2 aromatic rings. The van der Waals surface area contributed by atoms with E-state index < -0.39 is 0 Å². The zero-order valence-corrected chi connectivity index (χ0v) is 20.0. The second-order valence-corrected chi connectivity index (χ2v) is 10.2. The molecule has 0 bridgehead atoms. The smallest absolute Gasteiger partial charge is 0.225 e. The number of ether oxygens (including phenoxy) is 1. The van der Waals surface area contributed by atoms with Gasteiger partial charge in [0.1, 0.15) is 0 Å². The van der Waals surface area contributed by atoms with E-state index in [0.717, 1.165) is 83.0 Å². The van der Waals surface area contributed by atoms with E-state index in [1.165, 1.54) is 24.0 Å². The Balaban J connectivity index is 1.34. The van der Waals surface area contributed by atoms with Crippen molar-refractivity contribution in [2.75, 3.05) is 39.4 Å². The summed E-state index contributed by atoms with van der Waals surface area (Å²) in [5.41, 5.74) is 4.99. The van der Waals surface area contributed by atoms with Crippen LogP contribution in [0.3, 0.4) is 0 Å². The lowest BCUT2D eigenvalue weighted by molar-refractivity contribution is -0.137. The molecule has 0 radical (unpaired) electrons. The molecule has 2 atom stereocenters. The molecule has 1 saturated carbocycles. The minimum Gasteiger partial charge on any atom is -0.379 e. The zero-order valence-electron chi connectivity index (χ0n) is 20.0. The van der Waals surface area contributed by atoms with Crippen LogP contribution in [-0.4, -0.2) is 65.3 Å². The third kappa shape index (κ3) is 5.33. The number of benzene rings is 1. The monoisotopic (exact) mass is 450 g/mol. The highest BCUT2D eigenvalue weighted by atomic mass is 16.5. The van der Waals surface area contributed by atoms with Crippen molar-refractivity contribution in [2.45, 2.75) is 63.8 Å². The molecule has 0 spiro atoms. The molecule has 2 saturated heterocycles. The Bertz CT molecular complexity index is 912. The normalized spacial score (nSPS) is 24.9. The van der Waals surface area contributed by atoms with Crippen LogP contribution in [0, 0.1) is 5.92 Å². The van der Waals surface area contributed by atoms with Gasteiger partial charge in [-0.3, -0.25) is 14.8 Å². The summed E-state index contributed by atoms with van der Waals surface area (Å²) in [6, 6.07) is 11.3. The molecule has 1 aromatic carbocycles. The van der Waals surface area contributed by atoms with Crippen LogP contribution in [0.2, 0.25) is 0 Å². The van der Waals surface area contributed by atoms with Crippen molar-refractivity contribution in [3.05, 3.63) is 52.8 Å². The highest BCUT2D eigenvalue weighted by molar-refractivity contribution is 5.79. The van der Waals surface area contributed by atoms with Gasteiger partial charge >= 0.3 is 0 Å². The fraction of sp³-hybridized carbons (Fsp3) is 0.630. The Kier molecular flexibility index (Phi) is 7.12. The van der Waals surface area contributed by atoms with Crippen LogP contribution >= 0.6 is 0 Å². The molecule has 6 nitrogen and oxygen atoms in total. The Morgan fingerprint density at radius 2 is 1.82 bits per heavy atom. The third-order valence-electron chi connectivity index (χ3n) is 7.89. The zero-order chi connectivity index (χ0) is 22.6. The fourth-order valence-corrected chi connectivity index (χ4v) is 5.86. The molecule has 33 heavy (non-hydrogen) atoms. The van der Waals surface area contributed by atoms with Gasteiger partial charge in [0.25, 0.3) is 0 Å². The Labute approximate surface area is 197 Å². The molecular formula is C27H38N4O2. The minimum atomic E-state index is 0.225. The number of aromatic amines is 1. The Morgan fingerprint density at radius 1 is 1.09 bits per heavy atom. The number of nitrogens with one attached hydrogen (secondary N) is 1. The third-order valence-corrected chi connectivity index (χ3v) is 7.89. The molecule has 1 aliphatic carbocycles. The summed E-state index contributed by atoms with van der Waals surface area (Å²) >= 11 is 0. The van der Waals surface area contributed by atoms with Crippen LogP contribution in [0.5, 0.6) is 0 Å². The van der Waals surface area contributed by atoms with E-state index >= 15 is 0 Å². The van der Waals surface area contributed by atoms with Crippen LogP contribution in [0.25, 0.3) is 0 Å². The molecule has 6 heteroatoms. The predicted octanol–water partition coefficient (Wildman–Crippen LogP) is 4.09. The van der Waals surface area contributed by atoms with Crippen molar-refractivity contribution in [3.63, 3.8) is 0 Å². The van der Waals surface area contributed by atoms with Gasteiger partial charge in [0.15, 0.2) is 0 Å². The van der Waals surface area contributed by atoms with Crippen LogP contribution < -0.4 is 0 Å². The molecule has 1 N–H and O–H groups in total. The molecule has 1 amide bonds. The summed E-state index contributed by atoms with van der Waals surface area (Å²) in [7, 11) is 0. The second kappa shape index (κ2) is 10.4. The summed E-state index contributed by atoms with van der Waals surface area (Å²) in [6.07, 6.45) is 6.60. The number of aromatic nitrogens is 2. The van der Waals surface area contributed by atoms with E-state index in [-0.39, 0.29) is 11.8 Å². The van der Waals surface area contributed by atoms with E-state index in [4.69, 9.17) is 9.84 Å². The summed E-state index contributed by atoms with van der Waals surface area (Å²) < 4.78 is 5.48. The van der Waals surface area contributed by atoms with Gasteiger partial charge in [-0.15, -0.1) is 0 Å². The first-order chi connectivity index (χ1) is 16.2. The molecule has 5 rings (SSSR count). The van der Waals surface area contributed by atoms with E-state index in [0.29, 0.717) is 11.8 Å². The molecule has 3 fully saturated rings. The Morgan fingerprint density at radius 3 is 2.55 bits per heavy atom. The summed E-state index contributed by atoms with van der Waals surface area (Å²) in [5, 5.41) is 8.01. The van der Waals surface area contributed by atoms with Gasteiger partial charge in [-0.2, -0.15) is 5.10 Å². The Hall–Kier alpha value is -2.18. The first-order valence-corrected chi connectivity index (χ1v) is 12.9. The van der Waals surface area contributed by atoms with Crippen molar-refractivity contribution in [2.24, 2.45) is 5.92 Å². The van der Waals surface area contributed by atoms with Crippen molar-refractivity contribution >= 4 is 5.91 Å².